The van der Waals surface area contributed by atoms with Gasteiger partial charge in [0, 0.05) is 18.5 Å². The molecule has 5 aliphatic rings. The van der Waals surface area contributed by atoms with Crippen molar-refractivity contribution in [2.45, 2.75) is 109 Å². The van der Waals surface area contributed by atoms with E-state index in [1.54, 1.807) is 0 Å². The lowest BCUT2D eigenvalue weighted by atomic mass is 9.78. The van der Waals surface area contributed by atoms with Crippen LogP contribution in [0.5, 0.6) is 0 Å². The third-order valence-corrected chi connectivity index (χ3v) is 9.89. The van der Waals surface area contributed by atoms with Crippen LogP contribution < -0.4 is 0 Å². The number of rotatable bonds is 8. The van der Waals surface area contributed by atoms with Gasteiger partial charge in [0.05, 0.1) is 24.3 Å². The van der Waals surface area contributed by atoms with Crippen LogP contribution in [0.1, 0.15) is 85.5 Å². The molecule has 7 nitrogen and oxygen atoms in total. The molecular weight excluding hydrogens is 444 g/mol. The molecular formula is C28H44N2O5. The number of amides is 1. The Balaban J connectivity index is 1.33. The first kappa shape index (κ1) is 25.0. The molecule has 1 amide bonds. The summed E-state index contributed by atoms with van der Waals surface area (Å²) in [6.45, 7) is 11.1. The fourth-order valence-electron chi connectivity index (χ4n) is 8.11. The fourth-order valence-corrected chi connectivity index (χ4v) is 8.11. The average Bonchev–Trinajstić information content (AvgIpc) is 3.56. The molecule has 0 aromatic carbocycles. The molecule has 35 heavy (non-hydrogen) atoms. The first-order valence-corrected chi connectivity index (χ1v) is 14.2. The zero-order valence-electron chi connectivity index (χ0n) is 22.0. The van der Waals surface area contributed by atoms with Gasteiger partial charge in [-0.2, -0.15) is 0 Å². The van der Waals surface area contributed by atoms with Gasteiger partial charge >= 0.3 is 11.9 Å². The van der Waals surface area contributed by atoms with Crippen LogP contribution in [0.15, 0.2) is 0 Å². The Morgan fingerprint density at radius 3 is 2.31 bits per heavy atom. The molecule has 3 aliphatic carbocycles. The van der Waals surface area contributed by atoms with Crippen molar-refractivity contribution in [3.05, 3.63) is 0 Å². The van der Waals surface area contributed by atoms with E-state index in [0.29, 0.717) is 6.42 Å². The van der Waals surface area contributed by atoms with E-state index in [1.807, 2.05) is 18.7 Å². The molecule has 0 aromatic rings. The van der Waals surface area contributed by atoms with Crippen LogP contribution in [-0.4, -0.2) is 71.1 Å². The van der Waals surface area contributed by atoms with Crippen molar-refractivity contribution in [1.82, 2.24) is 9.80 Å². The molecule has 7 heteroatoms. The van der Waals surface area contributed by atoms with E-state index in [4.69, 9.17) is 9.47 Å². The highest BCUT2D eigenvalue weighted by Crippen LogP contribution is 2.60. The molecule has 0 aromatic heterocycles. The Hall–Kier alpha value is -1.63. The van der Waals surface area contributed by atoms with E-state index in [2.05, 4.69) is 18.7 Å². The number of hydrogen-bond donors (Lipinski definition) is 0. The molecule has 5 fully saturated rings. The number of carbonyl (C=O) groups is 3. The van der Waals surface area contributed by atoms with Gasteiger partial charge in [0.2, 0.25) is 5.91 Å². The minimum Gasteiger partial charge on any atom is -0.460 e. The lowest BCUT2D eigenvalue weighted by Gasteiger charge is -2.38. The van der Waals surface area contributed by atoms with Crippen LogP contribution in [0, 0.1) is 29.6 Å². The van der Waals surface area contributed by atoms with Crippen molar-refractivity contribution in [2.75, 3.05) is 19.6 Å². The molecule has 6 unspecified atom stereocenters. The lowest BCUT2D eigenvalue weighted by Crippen LogP contribution is -2.49. The van der Waals surface area contributed by atoms with Gasteiger partial charge < -0.3 is 19.3 Å². The standard InChI is InChI=1S/C28H44N2O5/c1-17(2)28(11-6-7-12-28)35-27(33)23-20-16-19-22(23)26(32)30(18(3)4)24(19)25(20)34-21(31)10-15-29-13-8-5-9-14-29/h17-20,22-25H,5-16H2,1-4H3. The van der Waals surface area contributed by atoms with Crippen molar-refractivity contribution in [3.63, 3.8) is 0 Å². The number of likely N-dealkylation sites (tertiary alicyclic amines) is 2. The highest BCUT2D eigenvalue weighted by Gasteiger charge is 2.71. The Bertz CT molecular complexity index is 829. The van der Waals surface area contributed by atoms with Gasteiger partial charge in [0.25, 0.3) is 0 Å². The van der Waals surface area contributed by atoms with E-state index >= 15 is 0 Å². The first-order valence-electron chi connectivity index (χ1n) is 14.2. The second kappa shape index (κ2) is 9.68. The largest absolute Gasteiger partial charge is 0.460 e. The van der Waals surface area contributed by atoms with Gasteiger partial charge in [-0.1, -0.05) is 20.3 Å². The number of ether oxygens (including phenoxy) is 2. The zero-order chi connectivity index (χ0) is 24.9. The smallest absolute Gasteiger partial charge is 0.310 e. The summed E-state index contributed by atoms with van der Waals surface area (Å²) in [6, 6.07) is -0.0917. The van der Waals surface area contributed by atoms with E-state index in [0.717, 1.165) is 51.7 Å². The van der Waals surface area contributed by atoms with Crippen molar-refractivity contribution >= 4 is 17.8 Å². The predicted molar refractivity (Wildman–Crippen MR) is 131 cm³/mol. The second-order valence-electron chi connectivity index (χ2n) is 12.4. The number of fused-ring (bicyclic) bond motifs is 1. The van der Waals surface area contributed by atoms with Crippen molar-refractivity contribution in [2.24, 2.45) is 29.6 Å². The molecule has 2 bridgehead atoms. The number of nitrogens with zero attached hydrogens (tertiary/aromatic N) is 2. The first-order chi connectivity index (χ1) is 16.7. The van der Waals surface area contributed by atoms with E-state index in [1.165, 1.54) is 19.3 Å². The maximum atomic E-state index is 13.7. The van der Waals surface area contributed by atoms with Crippen LogP contribution in [0.2, 0.25) is 0 Å². The SMILES string of the molecule is CC(C)N1C(=O)C2C3CC(C(OC(=O)CCN4CCCCC4)C31)C2C(=O)OC1(C(C)C)CCCC1. The van der Waals surface area contributed by atoms with Crippen molar-refractivity contribution in [1.29, 1.82) is 0 Å². The van der Waals surface area contributed by atoms with Crippen LogP contribution in [0.3, 0.4) is 0 Å². The van der Waals surface area contributed by atoms with Crippen molar-refractivity contribution in [3.8, 4) is 0 Å². The topological polar surface area (TPSA) is 76.2 Å². The van der Waals surface area contributed by atoms with E-state index in [9.17, 15) is 14.4 Å². The number of piperidine rings is 1. The molecule has 5 rings (SSSR count). The molecule has 2 saturated heterocycles. The van der Waals surface area contributed by atoms with E-state index in [-0.39, 0.29) is 53.6 Å². The molecule has 3 saturated carbocycles. The maximum absolute atomic E-state index is 13.7. The van der Waals surface area contributed by atoms with Crippen LogP contribution in [0.25, 0.3) is 0 Å². The number of esters is 2. The summed E-state index contributed by atoms with van der Waals surface area (Å²) < 4.78 is 12.5. The van der Waals surface area contributed by atoms with Crippen LogP contribution in [0.4, 0.5) is 0 Å². The summed E-state index contributed by atoms with van der Waals surface area (Å²) in [7, 11) is 0. The van der Waals surface area contributed by atoms with Crippen molar-refractivity contribution < 1.29 is 23.9 Å². The molecule has 0 radical (unpaired) electrons. The summed E-state index contributed by atoms with van der Waals surface area (Å²) in [4.78, 5) is 44.5. The average molecular weight is 489 g/mol. The van der Waals surface area contributed by atoms with E-state index < -0.39 is 17.6 Å². The Morgan fingerprint density at radius 1 is 1.00 bits per heavy atom. The summed E-state index contributed by atoms with van der Waals surface area (Å²) in [5, 5.41) is 0. The second-order valence-corrected chi connectivity index (χ2v) is 12.4. The lowest BCUT2D eigenvalue weighted by molar-refractivity contribution is -0.178. The Labute approximate surface area is 210 Å². The fraction of sp³-hybridized carbons (Fsp3) is 0.893. The Morgan fingerprint density at radius 2 is 1.69 bits per heavy atom. The van der Waals surface area contributed by atoms with Gasteiger partial charge in [-0.25, -0.2) is 0 Å². The highest BCUT2D eigenvalue weighted by atomic mass is 16.6. The van der Waals surface area contributed by atoms with Crippen LogP contribution >= 0.6 is 0 Å². The van der Waals surface area contributed by atoms with Gasteiger partial charge in [-0.05, 0) is 83.7 Å². The van der Waals surface area contributed by atoms with Crippen LogP contribution in [-0.2, 0) is 23.9 Å². The zero-order valence-corrected chi connectivity index (χ0v) is 22.0. The Kier molecular flexibility index (Phi) is 6.92. The third-order valence-electron chi connectivity index (χ3n) is 9.89. The molecule has 0 N–H and O–H groups in total. The van der Waals surface area contributed by atoms with Gasteiger partial charge in [-0.3, -0.25) is 14.4 Å². The quantitative estimate of drug-likeness (QED) is 0.484. The molecule has 2 heterocycles. The minimum absolute atomic E-state index is 0.0138. The number of carbonyl (C=O) groups excluding carboxylic acids is 3. The maximum Gasteiger partial charge on any atom is 0.310 e. The highest BCUT2D eigenvalue weighted by molar-refractivity contribution is 5.90. The molecule has 2 aliphatic heterocycles. The van der Waals surface area contributed by atoms with Gasteiger partial charge in [0.15, 0.2) is 0 Å². The predicted octanol–water partition coefficient (Wildman–Crippen LogP) is 3.79. The molecule has 6 atom stereocenters. The summed E-state index contributed by atoms with van der Waals surface area (Å²) in [5.74, 6) is -1.01. The summed E-state index contributed by atoms with van der Waals surface area (Å²) in [6.07, 6.45) is 8.32. The minimum atomic E-state index is -0.497. The number of hydrogen-bond acceptors (Lipinski definition) is 6. The monoisotopic (exact) mass is 488 g/mol. The normalized spacial score (nSPS) is 35.9. The van der Waals surface area contributed by atoms with Gasteiger partial charge in [0.1, 0.15) is 11.7 Å². The molecule has 196 valence electrons. The van der Waals surface area contributed by atoms with Gasteiger partial charge in [-0.15, -0.1) is 0 Å². The summed E-state index contributed by atoms with van der Waals surface area (Å²) in [5.41, 5.74) is -0.418. The summed E-state index contributed by atoms with van der Waals surface area (Å²) >= 11 is 0. The third kappa shape index (κ3) is 4.30. The molecule has 0 spiro atoms.